The van der Waals surface area contributed by atoms with Gasteiger partial charge in [0.15, 0.2) is 0 Å². The van der Waals surface area contributed by atoms with Gasteiger partial charge in [0.05, 0.1) is 5.60 Å². The summed E-state index contributed by atoms with van der Waals surface area (Å²) in [5, 5.41) is 11.3. The maximum atomic E-state index is 11.3. The standard InChI is InChI=1S/C19H24N2O/c1-15-12-21(14-17-7-4-3-5-8-17)13-16(2)19(15,22)18-9-6-10-20-11-18/h3-11,15-16,22H,12-14H2,1-2H3/t15-,16+,19+. The van der Waals surface area contributed by atoms with Gasteiger partial charge < -0.3 is 5.11 Å². The maximum Gasteiger partial charge on any atom is 0.0986 e. The fraction of sp³-hybridized carbons (Fsp3) is 0.421. The molecular weight excluding hydrogens is 272 g/mol. The van der Waals surface area contributed by atoms with Crippen LogP contribution < -0.4 is 0 Å². The van der Waals surface area contributed by atoms with Gasteiger partial charge in [0.25, 0.3) is 0 Å². The Kier molecular flexibility index (Phi) is 4.27. The zero-order chi connectivity index (χ0) is 15.6. The second kappa shape index (κ2) is 6.19. The maximum absolute atomic E-state index is 11.3. The van der Waals surface area contributed by atoms with Crippen molar-refractivity contribution in [3.8, 4) is 0 Å². The molecule has 0 amide bonds. The summed E-state index contributed by atoms with van der Waals surface area (Å²) in [7, 11) is 0. The smallest absolute Gasteiger partial charge is 0.0986 e. The Bertz CT molecular complexity index is 587. The van der Waals surface area contributed by atoms with Crippen molar-refractivity contribution in [2.75, 3.05) is 13.1 Å². The molecule has 1 aromatic carbocycles. The number of hydrogen-bond donors (Lipinski definition) is 1. The lowest BCUT2D eigenvalue weighted by atomic mass is 9.71. The fourth-order valence-corrected chi connectivity index (χ4v) is 3.75. The molecule has 22 heavy (non-hydrogen) atoms. The van der Waals surface area contributed by atoms with E-state index in [4.69, 9.17) is 0 Å². The van der Waals surface area contributed by atoms with E-state index in [1.54, 1.807) is 12.4 Å². The lowest BCUT2D eigenvalue weighted by molar-refractivity contribution is -0.114. The number of aliphatic hydroxyl groups is 1. The first-order chi connectivity index (χ1) is 10.6. The predicted molar refractivity (Wildman–Crippen MR) is 88.2 cm³/mol. The predicted octanol–water partition coefficient (Wildman–Crippen LogP) is 3.06. The van der Waals surface area contributed by atoms with Crippen molar-refractivity contribution in [1.82, 2.24) is 9.88 Å². The molecule has 1 aliphatic rings. The molecular formula is C19H24N2O. The highest BCUT2D eigenvalue weighted by Gasteiger charge is 2.45. The summed E-state index contributed by atoms with van der Waals surface area (Å²) in [5.41, 5.74) is 1.48. The van der Waals surface area contributed by atoms with Crippen LogP contribution in [-0.4, -0.2) is 28.1 Å². The normalized spacial score (nSPS) is 29.4. The molecule has 0 bridgehead atoms. The van der Waals surface area contributed by atoms with E-state index in [0.29, 0.717) is 0 Å². The summed E-state index contributed by atoms with van der Waals surface area (Å²) in [6, 6.07) is 14.4. The van der Waals surface area contributed by atoms with Gasteiger partial charge in [-0.1, -0.05) is 50.2 Å². The Hall–Kier alpha value is -1.71. The highest BCUT2D eigenvalue weighted by molar-refractivity contribution is 5.22. The van der Waals surface area contributed by atoms with Crippen LogP contribution in [-0.2, 0) is 12.1 Å². The van der Waals surface area contributed by atoms with Gasteiger partial charge in [-0.2, -0.15) is 0 Å². The molecule has 0 aliphatic carbocycles. The minimum atomic E-state index is -0.790. The van der Waals surface area contributed by atoms with Crippen LogP contribution in [0.1, 0.15) is 25.0 Å². The molecule has 3 heteroatoms. The molecule has 3 nitrogen and oxygen atoms in total. The molecule has 1 N–H and O–H groups in total. The number of aromatic nitrogens is 1. The number of pyridine rings is 1. The van der Waals surface area contributed by atoms with E-state index < -0.39 is 5.60 Å². The van der Waals surface area contributed by atoms with E-state index in [-0.39, 0.29) is 11.8 Å². The van der Waals surface area contributed by atoms with Gasteiger partial charge in [0, 0.05) is 49.4 Å². The Morgan fingerprint density at radius 1 is 1.09 bits per heavy atom. The molecule has 0 spiro atoms. The van der Waals surface area contributed by atoms with Crippen LogP contribution in [0.3, 0.4) is 0 Å². The van der Waals surface area contributed by atoms with Crippen LogP contribution in [0.2, 0.25) is 0 Å². The minimum Gasteiger partial charge on any atom is -0.384 e. The molecule has 2 aromatic rings. The Morgan fingerprint density at radius 2 is 1.77 bits per heavy atom. The van der Waals surface area contributed by atoms with Crippen molar-refractivity contribution in [1.29, 1.82) is 0 Å². The van der Waals surface area contributed by atoms with E-state index in [9.17, 15) is 5.11 Å². The Balaban J connectivity index is 1.77. The number of rotatable bonds is 3. The zero-order valence-electron chi connectivity index (χ0n) is 13.3. The van der Waals surface area contributed by atoms with Crippen LogP contribution in [0, 0.1) is 11.8 Å². The number of hydrogen-bond acceptors (Lipinski definition) is 3. The zero-order valence-corrected chi connectivity index (χ0v) is 13.3. The number of benzene rings is 1. The van der Waals surface area contributed by atoms with Gasteiger partial charge in [0.1, 0.15) is 0 Å². The molecule has 0 saturated carbocycles. The molecule has 1 fully saturated rings. The summed E-state index contributed by atoms with van der Waals surface area (Å²) in [4.78, 5) is 6.63. The minimum absolute atomic E-state index is 0.171. The third kappa shape index (κ3) is 2.79. The molecule has 0 unspecified atom stereocenters. The summed E-state index contributed by atoms with van der Waals surface area (Å²) in [6.45, 7) is 7.01. The van der Waals surface area contributed by atoms with Crippen molar-refractivity contribution in [2.45, 2.75) is 26.0 Å². The van der Waals surface area contributed by atoms with E-state index in [1.165, 1.54) is 5.56 Å². The van der Waals surface area contributed by atoms with Crippen molar-refractivity contribution in [2.24, 2.45) is 11.8 Å². The van der Waals surface area contributed by atoms with Crippen molar-refractivity contribution in [3.05, 3.63) is 66.0 Å². The fourth-order valence-electron chi connectivity index (χ4n) is 3.75. The third-order valence-corrected chi connectivity index (χ3v) is 4.94. The second-order valence-electron chi connectivity index (χ2n) is 6.55. The molecule has 0 radical (unpaired) electrons. The van der Waals surface area contributed by atoms with E-state index in [0.717, 1.165) is 25.2 Å². The molecule has 2 heterocycles. The van der Waals surface area contributed by atoms with Gasteiger partial charge in [-0.15, -0.1) is 0 Å². The number of piperidine rings is 1. The highest BCUT2D eigenvalue weighted by Crippen LogP contribution is 2.41. The first-order valence-corrected chi connectivity index (χ1v) is 8.00. The molecule has 116 valence electrons. The lowest BCUT2D eigenvalue weighted by Crippen LogP contribution is -2.54. The molecule has 1 saturated heterocycles. The van der Waals surface area contributed by atoms with E-state index in [2.05, 4.69) is 48.0 Å². The first kappa shape index (κ1) is 15.2. The van der Waals surface area contributed by atoms with Crippen LogP contribution in [0.5, 0.6) is 0 Å². The van der Waals surface area contributed by atoms with Crippen molar-refractivity contribution >= 4 is 0 Å². The highest BCUT2D eigenvalue weighted by atomic mass is 16.3. The van der Waals surface area contributed by atoms with Gasteiger partial charge in [0.2, 0.25) is 0 Å². The Labute approximate surface area is 132 Å². The summed E-state index contributed by atoms with van der Waals surface area (Å²) >= 11 is 0. The van der Waals surface area contributed by atoms with E-state index in [1.807, 2.05) is 18.2 Å². The summed E-state index contributed by atoms with van der Waals surface area (Å²) in [6.07, 6.45) is 3.56. The van der Waals surface area contributed by atoms with Crippen molar-refractivity contribution < 1.29 is 5.11 Å². The Morgan fingerprint density at radius 3 is 2.36 bits per heavy atom. The molecule has 3 rings (SSSR count). The monoisotopic (exact) mass is 296 g/mol. The third-order valence-electron chi connectivity index (χ3n) is 4.94. The van der Waals surface area contributed by atoms with Crippen LogP contribution in [0.15, 0.2) is 54.9 Å². The quantitative estimate of drug-likeness (QED) is 0.945. The SMILES string of the molecule is C[C@@H]1CN(Cc2ccccc2)C[C@H](C)[C@]1(O)c1cccnc1. The van der Waals surface area contributed by atoms with Crippen molar-refractivity contribution in [3.63, 3.8) is 0 Å². The molecule has 1 aromatic heterocycles. The lowest BCUT2D eigenvalue weighted by Gasteiger charge is -2.48. The summed E-state index contributed by atoms with van der Waals surface area (Å²) in [5.74, 6) is 0.341. The number of nitrogens with zero attached hydrogens (tertiary/aromatic N) is 2. The number of likely N-dealkylation sites (tertiary alicyclic amines) is 1. The van der Waals surface area contributed by atoms with Gasteiger partial charge >= 0.3 is 0 Å². The van der Waals surface area contributed by atoms with Crippen LogP contribution in [0.4, 0.5) is 0 Å². The van der Waals surface area contributed by atoms with Crippen LogP contribution >= 0.6 is 0 Å². The average molecular weight is 296 g/mol. The average Bonchev–Trinajstić information content (AvgIpc) is 2.54. The molecule has 3 atom stereocenters. The topological polar surface area (TPSA) is 36.4 Å². The largest absolute Gasteiger partial charge is 0.384 e. The van der Waals surface area contributed by atoms with E-state index >= 15 is 0 Å². The summed E-state index contributed by atoms with van der Waals surface area (Å²) < 4.78 is 0. The van der Waals surface area contributed by atoms with Gasteiger partial charge in [-0.3, -0.25) is 9.88 Å². The molecule has 1 aliphatic heterocycles. The van der Waals surface area contributed by atoms with Crippen LogP contribution in [0.25, 0.3) is 0 Å². The second-order valence-corrected chi connectivity index (χ2v) is 6.55. The van der Waals surface area contributed by atoms with Gasteiger partial charge in [-0.25, -0.2) is 0 Å². The first-order valence-electron chi connectivity index (χ1n) is 8.00. The van der Waals surface area contributed by atoms with Gasteiger partial charge in [-0.05, 0) is 11.6 Å².